The lowest BCUT2D eigenvalue weighted by atomic mass is 10.0. The number of primary amides is 1. The highest BCUT2D eigenvalue weighted by Gasteiger charge is 2.38. The second kappa shape index (κ2) is 21.7. The molecule has 1 fully saturated rings. The van der Waals surface area contributed by atoms with Crippen molar-refractivity contribution in [1.29, 1.82) is 0 Å². The van der Waals surface area contributed by atoms with Gasteiger partial charge in [-0.1, -0.05) is 13.8 Å². The van der Waals surface area contributed by atoms with Crippen molar-refractivity contribution >= 4 is 60.9 Å². The third kappa shape index (κ3) is 15.0. The molecule has 304 valence electrons. The van der Waals surface area contributed by atoms with Gasteiger partial charge in [0.15, 0.2) is 0 Å². The summed E-state index contributed by atoms with van der Waals surface area (Å²) in [7, 11) is -5.22. The minimum atomic E-state index is -5.22. The van der Waals surface area contributed by atoms with E-state index in [2.05, 4.69) is 41.1 Å². The molecule has 0 radical (unpaired) electrons. The van der Waals surface area contributed by atoms with Gasteiger partial charge in [-0.25, -0.2) is 9.55 Å². The minimum Gasteiger partial charge on any atom is -0.394 e. The van der Waals surface area contributed by atoms with Crippen LogP contribution in [0.25, 0.3) is 0 Å². The zero-order valence-electron chi connectivity index (χ0n) is 30.8. The molecule has 0 aromatic carbocycles. The van der Waals surface area contributed by atoms with E-state index in [1.54, 1.807) is 6.26 Å². The number of aliphatic hydroxyl groups is 1. The highest BCUT2D eigenvalue weighted by atomic mass is 32.2. The number of nitrogens with one attached hydrogen (secondary N) is 6. The van der Waals surface area contributed by atoms with Crippen LogP contribution in [0.5, 0.6) is 0 Å². The zero-order chi connectivity index (χ0) is 40.7. The van der Waals surface area contributed by atoms with Crippen LogP contribution in [0.4, 0.5) is 0 Å². The van der Waals surface area contributed by atoms with Crippen molar-refractivity contribution in [1.82, 2.24) is 41.5 Å². The van der Waals surface area contributed by atoms with Crippen LogP contribution in [-0.4, -0.2) is 139 Å². The first-order chi connectivity index (χ1) is 25.3. The van der Waals surface area contributed by atoms with Gasteiger partial charge in [-0.05, 0) is 50.5 Å². The zero-order valence-corrected chi connectivity index (χ0v) is 32.5. The van der Waals surface area contributed by atoms with Crippen molar-refractivity contribution in [3.8, 4) is 0 Å². The molecular formula is C31H52N9O12PS. The Labute approximate surface area is 316 Å². The number of likely N-dealkylation sites (tertiary alicyclic amines) is 1. The molecule has 0 aliphatic carbocycles. The molecule has 0 spiro atoms. The summed E-state index contributed by atoms with van der Waals surface area (Å²) in [5.74, 6) is -5.46. The molecule has 23 heteroatoms. The Morgan fingerprint density at radius 3 is 2.13 bits per heavy atom. The molecular weight excluding hydrogens is 753 g/mol. The number of hydrogen-bond donors (Lipinski definition) is 10. The lowest BCUT2D eigenvalue weighted by molar-refractivity contribution is -0.139. The van der Waals surface area contributed by atoms with E-state index in [9.17, 15) is 53.0 Å². The van der Waals surface area contributed by atoms with Crippen LogP contribution < -0.4 is 32.3 Å². The van der Waals surface area contributed by atoms with E-state index in [1.165, 1.54) is 36.1 Å². The summed E-state index contributed by atoms with van der Waals surface area (Å²) in [5, 5.41) is 22.2. The average Bonchev–Trinajstić information content (AvgIpc) is 3.79. The van der Waals surface area contributed by atoms with Crippen LogP contribution in [0, 0.1) is 5.92 Å². The minimum absolute atomic E-state index is 0.0918. The fourth-order valence-electron chi connectivity index (χ4n) is 5.66. The predicted molar refractivity (Wildman–Crippen MR) is 194 cm³/mol. The monoisotopic (exact) mass is 805 g/mol. The second-order valence-corrected chi connectivity index (χ2v) is 15.4. The Kier molecular flexibility index (Phi) is 18.5. The van der Waals surface area contributed by atoms with E-state index < -0.39 is 92.2 Å². The van der Waals surface area contributed by atoms with Gasteiger partial charge in [0.1, 0.15) is 36.3 Å². The molecule has 1 aliphatic heterocycles. The van der Waals surface area contributed by atoms with E-state index >= 15 is 0 Å². The average molecular weight is 806 g/mol. The smallest absolute Gasteiger partial charge is 0.394 e. The summed E-state index contributed by atoms with van der Waals surface area (Å²) in [6.45, 7) is 5.41. The first-order valence-corrected chi connectivity index (χ1v) is 20.1. The quantitative estimate of drug-likeness (QED) is 0.0528. The molecule has 21 nitrogen and oxygen atoms in total. The van der Waals surface area contributed by atoms with Gasteiger partial charge in [0.2, 0.25) is 41.4 Å². The molecule has 0 unspecified atom stereocenters. The number of H-pyrrole nitrogens is 1. The Balaban J connectivity index is 2.31. The van der Waals surface area contributed by atoms with Crippen LogP contribution in [0.1, 0.15) is 59.1 Å². The van der Waals surface area contributed by atoms with Crippen molar-refractivity contribution in [3.63, 3.8) is 0 Å². The van der Waals surface area contributed by atoms with Gasteiger partial charge in [0.05, 0.1) is 19.0 Å². The second-order valence-electron chi connectivity index (χ2n) is 13.2. The van der Waals surface area contributed by atoms with Crippen molar-refractivity contribution in [2.75, 3.05) is 25.2 Å². The molecule has 54 heavy (non-hydrogen) atoms. The summed E-state index contributed by atoms with van der Waals surface area (Å²) in [6, 6.07) is -8.19. The van der Waals surface area contributed by atoms with E-state index in [0.717, 1.165) is 6.92 Å². The summed E-state index contributed by atoms with van der Waals surface area (Å²) >= 11 is 1.35. The Hall–Kier alpha value is -4.08. The first-order valence-electron chi connectivity index (χ1n) is 17.2. The SMILES string of the molecule is CSCC[C@H](NC(=O)[C@@H](NC(=O)[C@H](CO)NC(=O)[C@H](Cc1cnc[nH]1)NC(=O)[C@H](CC(C)C)NC(=O)[C@@H]1CCCN1C(C)=O)[C@@H](C)OP(=O)(O)O)C(N)=O. The number of carbonyl (C=O) groups is 7. The third-order valence-electron chi connectivity index (χ3n) is 8.35. The highest BCUT2D eigenvalue weighted by Crippen LogP contribution is 2.38. The number of aromatic nitrogens is 2. The molecule has 2 heterocycles. The number of imidazole rings is 1. The fourth-order valence-corrected chi connectivity index (χ4v) is 6.69. The molecule has 11 N–H and O–H groups in total. The van der Waals surface area contributed by atoms with Gasteiger partial charge in [-0.15, -0.1) is 0 Å². The normalized spacial score (nSPS) is 17.7. The van der Waals surface area contributed by atoms with Crippen molar-refractivity contribution in [2.45, 2.75) is 102 Å². The third-order valence-corrected chi connectivity index (χ3v) is 9.60. The van der Waals surface area contributed by atoms with Crippen LogP contribution in [0.15, 0.2) is 12.5 Å². The maximum atomic E-state index is 13.7. The number of nitrogens with zero attached hydrogens (tertiary/aromatic N) is 2. The molecule has 0 saturated carbocycles. The maximum Gasteiger partial charge on any atom is 0.469 e. The topological polar surface area (TPSA) is 325 Å². The van der Waals surface area contributed by atoms with Gasteiger partial charge in [-0.2, -0.15) is 11.8 Å². The largest absolute Gasteiger partial charge is 0.469 e. The van der Waals surface area contributed by atoms with Gasteiger partial charge < -0.3 is 57.1 Å². The predicted octanol–water partition coefficient (Wildman–Crippen LogP) is -2.84. The van der Waals surface area contributed by atoms with Gasteiger partial charge in [0.25, 0.3) is 0 Å². The lowest BCUT2D eigenvalue weighted by Crippen LogP contribution is -2.62. The van der Waals surface area contributed by atoms with E-state index in [1.807, 2.05) is 13.8 Å². The van der Waals surface area contributed by atoms with E-state index in [0.29, 0.717) is 30.8 Å². The van der Waals surface area contributed by atoms with Gasteiger partial charge in [-0.3, -0.25) is 38.1 Å². The van der Waals surface area contributed by atoms with Gasteiger partial charge >= 0.3 is 7.82 Å². The van der Waals surface area contributed by atoms with Crippen molar-refractivity contribution < 1.29 is 57.5 Å². The van der Waals surface area contributed by atoms with Gasteiger partial charge in [0, 0.05) is 31.8 Å². The number of thioether (sulfide) groups is 1. The number of phosphoric ester groups is 1. The fraction of sp³-hybridized carbons (Fsp3) is 0.677. The standard InChI is InChI=1S/C31H52N9O12PS/c1-16(2)11-21(37-30(47)24-7-6-9-40(24)18(4)42)27(44)36-22(12-19-13-33-15-34-19)28(45)38-23(14-41)29(46)39-25(17(3)52-53(49,50)51)31(48)35-20(26(32)43)8-10-54-5/h13,15-17,20-25,41H,6-12,14H2,1-5H3,(H2,32,43)(H,33,34)(H,35,48)(H,36,44)(H,37,47)(H,38,45)(H,39,46)(H2,49,50,51)/t17-,20+,21+,22+,23+,24+,25+/m1/s1. The Morgan fingerprint density at radius 2 is 1.59 bits per heavy atom. The lowest BCUT2D eigenvalue weighted by Gasteiger charge is -2.29. The molecule has 1 aliphatic rings. The van der Waals surface area contributed by atoms with E-state index in [4.69, 9.17) is 5.73 Å². The van der Waals surface area contributed by atoms with Crippen molar-refractivity contribution in [3.05, 3.63) is 18.2 Å². The number of nitrogens with two attached hydrogens (primary N) is 1. The molecule has 1 aromatic heterocycles. The molecule has 7 amide bonds. The summed E-state index contributed by atoms with van der Waals surface area (Å²) in [6.07, 6.45) is 3.84. The number of hydrogen-bond acceptors (Lipinski definition) is 12. The van der Waals surface area contributed by atoms with Crippen LogP contribution in [0.3, 0.4) is 0 Å². The van der Waals surface area contributed by atoms with Crippen LogP contribution >= 0.6 is 19.6 Å². The number of amides is 7. The molecule has 0 bridgehead atoms. The Bertz CT molecular complexity index is 1510. The molecule has 2 rings (SSSR count). The summed E-state index contributed by atoms with van der Waals surface area (Å²) in [5.41, 5.74) is 5.78. The highest BCUT2D eigenvalue weighted by molar-refractivity contribution is 7.98. The summed E-state index contributed by atoms with van der Waals surface area (Å²) in [4.78, 5) is 118. The maximum absolute atomic E-state index is 13.7. The number of carbonyl (C=O) groups excluding carboxylic acids is 7. The van der Waals surface area contributed by atoms with Crippen LogP contribution in [0.2, 0.25) is 0 Å². The number of phosphoric acid groups is 1. The molecule has 1 saturated heterocycles. The van der Waals surface area contributed by atoms with E-state index in [-0.39, 0.29) is 31.1 Å². The number of aliphatic hydroxyl groups excluding tert-OH is 1. The summed E-state index contributed by atoms with van der Waals surface area (Å²) < 4.78 is 16.2. The molecule has 7 atom stereocenters. The number of aromatic amines is 1. The first kappa shape index (κ1) is 46.1. The van der Waals surface area contributed by atoms with Crippen molar-refractivity contribution in [2.24, 2.45) is 11.7 Å². The van der Waals surface area contributed by atoms with Crippen LogP contribution in [-0.2, 0) is 49.1 Å². The Morgan fingerprint density at radius 1 is 0.981 bits per heavy atom. The number of rotatable bonds is 22. The molecule has 1 aromatic rings.